The van der Waals surface area contributed by atoms with E-state index in [2.05, 4.69) is 37.2 Å². The number of fused-ring (bicyclic) bond motifs is 1. The number of ether oxygens (including phenoxy) is 3. The zero-order valence-corrected chi connectivity index (χ0v) is 27.7. The Kier molecular flexibility index (Phi) is 9.82. The summed E-state index contributed by atoms with van der Waals surface area (Å²) in [4.78, 5) is 18.0. The van der Waals surface area contributed by atoms with Crippen LogP contribution in [-0.2, 0) is 21.9 Å². The molecule has 218 valence electrons. The monoisotopic (exact) mass is 732 g/mol. The minimum atomic E-state index is -0.631. The van der Waals surface area contributed by atoms with Crippen LogP contribution in [0.1, 0.15) is 36.6 Å². The van der Waals surface area contributed by atoms with Gasteiger partial charge in [-0.25, -0.2) is 9.48 Å². The van der Waals surface area contributed by atoms with E-state index in [1.165, 1.54) is 11.8 Å². The van der Waals surface area contributed by atoms with E-state index >= 15 is 0 Å². The molecule has 42 heavy (non-hydrogen) atoms. The highest BCUT2D eigenvalue weighted by atomic mass is 79.9. The lowest BCUT2D eigenvalue weighted by Gasteiger charge is -2.28. The van der Waals surface area contributed by atoms with Crippen molar-refractivity contribution in [2.45, 2.75) is 37.4 Å². The molecule has 0 fully saturated rings. The number of rotatable bonds is 10. The van der Waals surface area contributed by atoms with Gasteiger partial charge in [0.25, 0.3) is 0 Å². The molecule has 1 aromatic heterocycles. The predicted molar refractivity (Wildman–Crippen MR) is 171 cm³/mol. The summed E-state index contributed by atoms with van der Waals surface area (Å²) < 4.78 is 20.8. The predicted octanol–water partition coefficient (Wildman–Crippen LogP) is 8.19. The third-order valence-electron chi connectivity index (χ3n) is 6.51. The zero-order valence-electron chi connectivity index (χ0n) is 23.0. The number of esters is 1. The maximum atomic E-state index is 13.3. The number of methoxy groups -OCH3 is 1. The molecule has 0 bridgehead atoms. The van der Waals surface area contributed by atoms with Crippen LogP contribution in [0.2, 0.25) is 5.02 Å². The van der Waals surface area contributed by atoms with Crippen molar-refractivity contribution in [2.24, 2.45) is 0 Å². The van der Waals surface area contributed by atoms with Crippen LogP contribution in [0.5, 0.6) is 11.5 Å². The Morgan fingerprint density at radius 2 is 1.90 bits per heavy atom. The van der Waals surface area contributed by atoms with E-state index in [9.17, 15) is 4.79 Å². The van der Waals surface area contributed by atoms with Gasteiger partial charge < -0.3 is 19.5 Å². The number of halogens is 3. The number of nitrogens with one attached hydrogen (secondary N) is 1. The molecule has 1 unspecified atom stereocenters. The number of thioether (sulfide) groups is 1. The molecule has 12 heteroatoms. The summed E-state index contributed by atoms with van der Waals surface area (Å²) in [5.74, 6) is 1.72. The van der Waals surface area contributed by atoms with Gasteiger partial charge in [0.2, 0.25) is 11.1 Å². The maximum Gasteiger partial charge on any atom is 0.338 e. The Bertz CT molecular complexity index is 1650. The smallest absolute Gasteiger partial charge is 0.338 e. The molecule has 1 atom stereocenters. The molecule has 0 aliphatic carbocycles. The fraction of sp³-hybridized carbons (Fsp3) is 0.233. The number of carbonyl (C=O) groups is 1. The minimum Gasteiger partial charge on any atom is -0.493 e. The van der Waals surface area contributed by atoms with Crippen molar-refractivity contribution < 1.29 is 19.0 Å². The Morgan fingerprint density at radius 3 is 2.62 bits per heavy atom. The van der Waals surface area contributed by atoms with E-state index in [4.69, 9.17) is 35.9 Å². The number of hydrogen-bond acceptors (Lipinski definition) is 8. The molecule has 5 rings (SSSR count). The standard InChI is InChI=1S/C30H27Br2ClN4O4S/c1-4-40-28(38)25-17(2)34-29-35-30(42-16-19-7-5-6-8-23(19)33)36-37(29)26(25)20-13-22(32)27(24(14-20)39-3)41-15-18-9-11-21(31)12-10-18/h5-14,26H,4,15-16H2,1-3H3,(H,34,35,36). The molecule has 2 heterocycles. The summed E-state index contributed by atoms with van der Waals surface area (Å²) in [5.41, 5.74) is 3.79. The van der Waals surface area contributed by atoms with E-state index in [0.29, 0.717) is 55.7 Å². The van der Waals surface area contributed by atoms with Gasteiger partial charge in [0.1, 0.15) is 12.6 Å². The lowest BCUT2D eigenvalue weighted by atomic mass is 9.95. The van der Waals surface area contributed by atoms with Gasteiger partial charge in [-0.1, -0.05) is 69.6 Å². The van der Waals surface area contributed by atoms with Crippen molar-refractivity contribution >= 4 is 67.1 Å². The van der Waals surface area contributed by atoms with Crippen molar-refractivity contribution in [1.82, 2.24) is 14.8 Å². The molecule has 3 aromatic carbocycles. The third kappa shape index (κ3) is 6.64. The number of carbonyl (C=O) groups excluding carboxylic acids is 1. The molecule has 1 aliphatic rings. The van der Waals surface area contributed by atoms with Gasteiger partial charge in [-0.2, -0.15) is 4.98 Å². The van der Waals surface area contributed by atoms with Gasteiger partial charge in [0.05, 0.1) is 23.8 Å². The molecule has 4 aromatic rings. The van der Waals surface area contributed by atoms with Crippen molar-refractivity contribution in [3.05, 3.63) is 103 Å². The van der Waals surface area contributed by atoms with E-state index in [1.54, 1.807) is 18.7 Å². The maximum absolute atomic E-state index is 13.3. The lowest BCUT2D eigenvalue weighted by Crippen LogP contribution is -2.29. The summed E-state index contributed by atoms with van der Waals surface area (Å²) in [6.45, 7) is 4.19. The zero-order chi connectivity index (χ0) is 29.8. The Morgan fingerprint density at radius 1 is 1.14 bits per heavy atom. The number of benzene rings is 3. The Hall–Kier alpha value is -2.99. The second-order valence-electron chi connectivity index (χ2n) is 9.28. The van der Waals surface area contributed by atoms with Crippen LogP contribution in [0, 0.1) is 0 Å². The first-order valence-corrected chi connectivity index (χ1v) is 16.0. The Labute approximate surface area is 270 Å². The quantitative estimate of drug-likeness (QED) is 0.129. The fourth-order valence-corrected chi connectivity index (χ4v) is 6.46. The average Bonchev–Trinajstić information content (AvgIpc) is 3.38. The molecular weight excluding hydrogens is 708 g/mol. The normalized spacial score (nSPS) is 14.3. The number of nitrogens with zero attached hydrogens (tertiary/aromatic N) is 3. The molecule has 0 spiro atoms. The fourth-order valence-electron chi connectivity index (χ4n) is 4.51. The van der Waals surface area contributed by atoms with E-state index < -0.39 is 12.0 Å². The van der Waals surface area contributed by atoms with Gasteiger partial charge >= 0.3 is 5.97 Å². The van der Waals surface area contributed by atoms with Gasteiger partial charge in [-0.3, -0.25) is 0 Å². The molecule has 1 N–H and O–H groups in total. The summed E-state index contributed by atoms with van der Waals surface area (Å²) in [7, 11) is 1.58. The highest BCUT2D eigenvalue weighted by Gasteiger charge is 2.36. The lowest BCUT2D eigenvalue weighted by molar-refractivity contribution is -0.139. The molecule has 0 saturated heterocycles. The topological polar surface area (TPSA) is 87.5 Å². The molecular formula is C30H27Br2ClN4O4S. The van der Waals surface area contributed by atoms with E-state index in [0.717, 1.165) is 21.2 Å². The number of allylic oxidation sites excluding steroid dienone is 1. The average molecular weight is 735 g/mol. The van der Waals surface area contributed by atoms with Crippen molar-refractivity contribution in [2.75, 3.05) is 19.0 Å². The summed E-state index contributed by atoms with van der Waals surface area (Å²) in [5, 5.41) is 9.26. The van der Waals surface area contributed by atoms with Crippen LogP contribution >= 0.6 is 55.2 Å². The molecule has 0 radical (unpaired) electrons. The molecule has 8 nitrogen and oxygen atoms in total. The minimum absolute atomic E-state index is 0.237. The summed E-state index contributed by atoms with van der Waals surface area (Å²) >= 11 is 14.9. The first-order valence-electron chi connectivity index (χ1n) is 13.0. The van der Waals surface area contributed by atoms with E-state index in [-0.39, 0.29) is 6.61 Å². The van der Waals surface area contributed by atoms with Crippen LogP contribution < -0.4 is 14.8 Å². The van der Waals surface area contributed by atoms with Crippen LogP contribution in [-0.4, -0.2) is 34.5 Å². The van der Waals surface area contributed by atoms with Crippen molar-refractivity contribution in [3.63, 3.8) is 0 Å². The molecule has 0 amide bonds. The van der Waals surface area contributed by atoms with Crippen molar-refractivity contribution in [3.8, 4) is 11.5 Å². The summed E-state index contributed by atoms with van der Waals surface area (Å²) in [6, 6.07) is 18.7. The van der Waals surface area contributed by atoms with Gasteiger partial charge in [0, 0.05) is 20.9 Å². The van der Waals surface area contributed by atoms with Crippen LogP contribution in [0.25, 0.3) is 0 Å². The molecule has 1 aliphatic heterocycles. The summed E-state index contributed by atoms with van der Waals surface area (Å²) in [6.07, 6.45) is 0. The molecule has 0 saturated carbocycles. The SMILES string of the molecule is CCOC(=O)C1=C(C)Nc2nc(SCc3ccccc3Cl)nn2C1c1cc(Br)c(OCc2ccc(Br)cc2)c(OC)c1. The van der Waals surface area contributed by atoms with Gasteiger partial charge in [-0.15, -0.1) is 5.10 Å². The van der Waals surface area contributed by atoms with E-state index in [1.807, 2.05) is 67.6 Å². The second kappa shape index (κ2) is 13.5. The van der Waals surface area contributed by atoms with Crippen LogP contribution in [0.4, 0.5) is 5.95 Å². The van der Waals surface area contributed by atoms with Gasteiger partial charge in [-0.05, 0) is 76.8 Å². The number of hydrogen-bond donors (Lipinski definition) is 1. The van der Waals surface area contributed by atoms with Crippen LogP contribution in [0.15, 0.2) is 86.0 Å². The largest absolute Gasteiger partial charge is 0.493 e. The second-order valence-corrected chi connectivity index (χ2v) is 12.4. The highest BCUT2D eigenvalue weighted by molar-refractivity contribution is 9.10. The third-order valence-corrected chi connectivity index (χ3v) is 8.88. The Balaban J connectivity index is 1.50. The number of aromatic nitrogens is 3. The van der Waals surface area contributed by atoms with Crippen LogP contribution in [0.3, 0.4) is 0 Å². The highest BCUT2D eigenvalue weighted by Crippen LogP contribution is 2.43. The van der Waals surface area contributed by atoms with Crippen molar-refractivity contribution in [1.29, 1.82) is 0 Å². The van der Waals surface area contributed by atoms with Gasteiger partial charge in [0.15, 0.2) is 11.5 Å². The first-order chi connectivity index (χ1) is 20.3. The number of anilines is 1. The first kappa shape index (κ1) is 30.5.